The highest BCUT2D eigenvalue weighted by Gasteiger charge is 2.10. The van der Waals surface area contributed by atoms with Crippen LogP contribution in [-0.4, -0.2) is 26.0 Å². The van der Waals surface area contributed by atoms with E-state index >= 15 is 0 Å². The quantitative estimate of drug-likeness (QED) is 0.778. The van der Waals surface area contributed by atoms with Gasteiger partial charge in [-0.15, -0.1) is 0 Å². The van der Waals surface area contributed by atoms with Gasteiger partial charge >= 0.3 is 0 Å². The Morgan fingerprint density at radius 2 is 2.13 bits per heavy atom. The molecule has 1 N–H and O–H groups in total. The zero-order chi connectivity index (χ0) is 11.3. The molecule has 1 heterocycles. The summed E-state index contributed by atoms with van der Waals surface area (Å²) in [6, 6.07) is 0. The van der Waals surface area contributed by atoms with Crippen LogP contribution in [0.3, 0.4) is 0 Å². The normalized spacial score (nSPS) is 13.4. The van der Waals surface area contributed by atoms with Gasteiger partial charge in [-0.1, -0.05) is 13.8 Å². The van der Waals surface area contributed by atoms with Gasteiger partial charge in [0.25, 0.3) is 0 Å². The standard InChI is InChI=1S/C11H21N3O/c1-4-14-11(12-8-13-14)7-10(15)6-5-9(2)3/h8-10,15H,4-7H2,1-3H3. The summed E-state index contributed by atoms with van der Waals surface area (Å²) in [5.41, 5.74) is 0. The van der Waals surface area contributed by atoms with Crippen molar-refractivity contribution in [3.63, 3.8) is 0 Å². The highest BCUT2D eigenvalue weighted by atomic mass is 16.3. The van der Waals surface area contributed by atoms with Crippen LogP contribution >= 0.6 is 0 Å². The Hall–Kier alpha value is -0.900. The van der Waals surface area contributed by atoms with Crippen molar-refractivity contribution in [2.24, 2.45) is 5.92 Å². The maximum Gasteiger partial charge on any atom is 0.138 e. The van der Waals surface area contributed by atoms with Crippen LogP contribution in [0.15, 0.2) is 6.33 Å². The fraction of sp³-hybridized carbons (Fsp3) is 0.818. The zero-order valence-electron chi connectivity index (χ0n) is 9.85. The van der Waals surface area contributed by atoms with Gasteiger partial charge in [-0.2, -0.15) is 5.10 Å². The molecule has 1 atom stereocenters. The molecule has 0 bridgehead atoms. The van der Waals surface area contributed by atoms with E-state index in [0.29, 0.717) is 12.3 Å². The number of hydrogen-bond acceptors (Lipinski definition) is 3. The van der Waals surface area contributed by atoms with Gasteiger partial charge in [-0.05, 0) is 25.7 Å². The van der Waals surface area contributed by atoms with E-state index in [2.05, 4.69) is 23.9 Å². The van der Waals surface area contributed by atoms with Gasteiger partial charge in [-0.25, -0.2) is 4.98 Å². The van der Waals surface area contributed by atoms with E-state index in [-0.39, 0.29) is 6.10 Å². The van der Waals surface area contributed by atoms with Gasteiger partial charge in [0.15, 0.2) is 0 Å². The number of hydrogen-bond donors (Lipinski definition) is 1. The Morgan fingerprint density at radius 3 is 2.73 bits per heavy atom. The SMILES string of the molecule is CCn1ncnc1CC(O)CCC(C)C. The summed E-state index contributed by atoms with van der Waals surface area (Å²) < 4.78 is 1.83. The molecule has 1 aromatic rings. The number of aromatic nitrogens is 3. The molecule has 0 aliphatic carbocycles. The molecule has 0 aliphatic rings. The van der Waals surface area contributed by atoms with Crippen LogP contribution < -0.4 is 0 Å². The van der Waals surface area contributed by atoms with Crippen molar-refractivity contribution >= 4 is 0 Å². The van der Waals surface area contributed by atoms with E-state index in [1.54, 1.807) is 6.33 Å². The molecular formula is C11H21N3O. The summed E-state index contributed by atoms with van der Waals surface area (Å²) in [5.74, 6) is 1.53. The fourth-order valence-electron chi connectivity index (χ4n) is 1.55. The molecule has 0 fully saturated rings. The smallest absolute Gasteiger partial charge is 0.138 e. The molecule has 15 heavy (non-hydrogen) atoms. The molecule has 1 unspecified atom stereocenters. The van der Waals surface area contributed by atoms with Crippen LogP contribution in [-0.2, 0) is 13.0 Å². The topological polar surface area (TPSA) is 50.9 Å². The summed E-state index contributed by atoms with van der Waals surface area (Å²) in [7, 11) is 0. The van der Waals surface area contributed by atoms with E-state index in [9.17, 15) is 5.11 Å². The molecular weight excluding hydrogens is 190 g/mol. The van der Waals surface area contributed by atoms with Gasteiger partial charge in [0.1, 0.15) is 12.2 Å². The lowest BCUT2D eigenvalue weighted by Crippen LogP contribution is -2.15. The average molecular weight is 211 g/mol. The van der Waals surface area contributed by atoms with Crippen LogP contribution in [0.5, 0.6) is 0 Å². The van der Waals surface area contributed by atoms with Crippen LogP contribution in [0.4, 0.5) is 0 Å². The van der Waals surface area contributed by atoms with Crippen LogP contribution in [0, 0.1) is 5.92 Å². The van der Waals surface area contributed by atoms with Gasteiger partial charge < -0.3 is 5.11 Å². The van der Waals surface area contributed by atoms with Gasteiger partial charge in [0.05, 0.1) is 6.10 Å². The molecule has 0 aromatic carbocycles. The number of nitrogens with zero attached hydrogens (tertiary/aromatic N) is 3. The van der Waals surface area contributed by atoms with Gasteiger partial charge in [-0.3, -0.25) is 4.68 Å². The van der Waals surface area contributed by atoms with Crippen LogP contribution in [0.2, 0.25) is 0 Å². The highest BCUT2D eigenvalue weighted by molar-refractivity contribution is 4.87. The zero-order valence-corrected chi connectivity index (χ0v) is 9.85. The third-order valence-electron chi connectivity index (χ3n) is 2.49. The van der Waals surface area contributed by atoms with Crippen molar-refractivity contribution < 1.29 is 5.11 Å². The molecule has 0 saturated carbocycles. The molecule has 1 aromatic heterocycles. The Balaban J connectivity index is 2.40. The first kappa shape index (κ1) is 12.2. The average Bonchev–Trinajstić information content (AvgIpc) is 2.62. The molecule has 0 spiro atoms. The lowest BCUT2D eigenvalue weighted by atomic mass is 10.0. The summed E-state index contributed by atoms with van der Waals surface area (Å²) in [6.45, 7) is 7.17. The van der Waals surface area contributed by atoms with Crippen molar-refractivity contribution in [1.29, 1.82) is 0 Å². The first-order valence-electron chi connectivity index (χ1n) is 5.68. The minimum absolute atomic E-state index is 0.290. The lowest BCUT2D eigenvalue weighted by Gasteiger charge is -2.11. The molecule has 4 heteroatoms. The Labute approximate surface area is 91.3 Å². The second-order valence-corrected chi connectivity index (χ2v) is 4.32. The molecule has 0 amide bonds. The van der Waals surface area contributed by atoms with Crippen molar-refractivity contribution in [2.75, 3.05) is 0 Å². The van der Waals surface area contributed by atoms with E-state index in [1.165, 1.54) is 0 Å². The van der Waals surface area contributed by atoms with Crippen molar-refractivity contribution in [3.8, 4) is 0 Å². The second-order valence-electron chi connectivity index (χ2n) is 4.32. The Morgan fingerprint density at radius 1 is 1.40 bits per heavy atom. The summed E-state index contributed by atoms with van der Waals surface area (Å²) in [4.78, 5) is 4.15. The van der Waals surface area contributed by atoms with Crippen molar-refractivity contribution in [1.82, 2.24) is 14.8 Å². The summed E-state index contributed by atoms with van der Waals surface area (Å²) >= 11 is 0. The maximum absolute atomic E-state index is 9.81. The minimum atomic E-state index is -0.290. The molecule has 1 rings (SSSR count). The first-order valence-corrected chi connectivity index (χ1v) is 5.68. The largest absolute Gasteiger partial charge is 0.393 e. The van der Waals surface area contributed by atoms with Crippen LogP contribution in [0.25, 0.3) is 0 Å². The first-order chi connectivity index (χ1) is 7.13. The Kier molecular flexibility index (Phi) is 4.75. The van der Waals surface area contributed by atoms with Crippen LogP contribution in [0.1, 0.15) is 39.4 Å². The molecule has 4 nitrogen and oxygen atoms in total. The molecule has 0 saturated heterocycles. The highest BCUT2D eigenvalue weighted by Crippen LogP contribution is 2.10. The third kappa shape index (κ3) is 4.00. The Bertz CT molecular complexity index is 283. The predicted molar refractivity (Wildman–Crippen MR) is 59.5 cm³/mol. The molecule has 86 valence electrons. The third-order valence-corrected chi connectivity index (χ3v) is 2.49. The second kappa shape index (κ2) is 5.85. The lowest BCUT2D eigenvalue weighted by molar-refractivity contribution is 0.153. The number of aliphatic hydroxyl groups excluding tert-OH is 1. The fourth-order valence-corrected chi connectivity index (χ4v) is 1.55. The van der Waals surface area contributed by atoms with Gasteiger partial charge in [0, 0.05) is 13.0 Å². The van der Waals surface area contributed by atoms with Gasteiger partial charge in [0.2, 0.25) is 0 Å². The number of rotatable bonds is 6. The van der Waals surface area contributed by atoms with E-state index in [4.69, 9.17) is 0 Å². The monoisotopic (exact) mass is 211 g/mol. The van der Waals surface area contributed by atoms with E-state index in [1.807, 2.05) is 11.6 Å². The number of aliphatic hydroxyl groups is 1. The summed E-state index contributed by atoms with van der Waals surface area (Å²) in [6.07, 6.45) is 3.77. The van der Waals surface area contributed by atoms with E-state index < -0.39 is 0 Å². The molecule has 0 radical (unpaired) electrons. The number of aryl methyl sites for hydroxylation is 1. The van der Waals surface area contributed by atoms with E-state index in [0.717, 1.165) is 25.2 Å². The predicted octanol–water partition coefficient (Wildman–Crippen LogP) is 1.64. The molecule has 0 aliphatic heterocycles. The minimum Gasteiger partial charge on any atom is -0.393 e. The summed E-state index contributed by atoms with van der Waals surface area (Å²) in [5, 5.41) is 13.9. The van der Waals surface area contributed by atoms with Crippen molar-refractivity contribution in [3.05, 3.63) is 12.2 Å². The van der Waals surface area contributed by atoms with Crippen molar-refractivity contribution in [2.45, 2.75) is 52.7 Å². The maximum atomic E-state index is 9.81.